The Balaban J connectivity index is 1.73. The first-order valence-corrected chi connectivity index (χ1v) is 7.57. The topological polar surface area (TPSA) is 60.2 Å². The average molecular weight is 284 g/mol. The molecule has 1 aliphatic heterocycles. The fourth-order valence-electron chi connectivity index (χ4n) is 3.00. The van der Waals surface area contributed by atoms with Crippen LogP contribution in [0.15, 0.2) is 18.3 Å². The van der Waals surface area contributed by atoms with Gasteiger partial charge in [-0.15, -0.1) is 0 Å². The van der Waals surface area contributed by atoms with E-state index in [-0.39, 0.29) is 17.9 Å². The number of nitrogens with zero attached hydrogens (tertiary/aromatic N) is 4. The molecule has 110 valence electrons. The number of pyridine rings is 1. The molecule has 3 rings (SSSR count). The fourth-order valence-corrected chi connectivity index (χ4v) is 3.00. The number of piperidine rings is 1. The van der Waals surface area contributed by atoms with Crippen LogP contribution in [0, 0.1) is 17.2 Å². The summed E-state index contributed by atoms with van der Waals surface area (Å²) in [5.41, 5.74) is 0.606. The van der Waals surface area contributed by atoms with Crippen molar-refractivity contribution in [2.45, 2.75) is 31.7 Å². The van der Waals surface area contributed by atoms with Gasteiger partial charge in [0.2, 0.25) is 5.91 Å². The standard InChI is InChI=1S/C16H20N4O/c1-19(16(21)12-6-7-12)14-5-3-9-20(11-14)15-13(10-17)4-2-8-18-15/h2,4,8,12,14H,3,5-7,9,11H2,1H3. The third-order valence-electron chi connectivity index (χ3n) is 4.43. The molecular formula is C16H20N4O. The monoisotopic (exact) mass is 284 g/mol. The number of likely N-dealkylation sites (N-methyl/N-ethyl adjacent to an activating group) is 1. The number of carbonyl (C=O) groups excluding carboxylic acids is 1. The Morgan fingerprint density at radius 1 is 1.48 bits per heavy atom. The molecule has 1 aromatic rings. The Morgan fingerprint density at radius 2 is 2.29 bits per heavy atom. The lowest BCUT2D eigenvalue weighted by Crippen LogP contribution is -2.49. The van der Waals surface area contributed by atoms with Crippen LogP contribution in [0.5, 0.6) is 0 Å². The Labute approximate surface area is 125 Å². The molecule has 0 aromatic carbocycles. The first-order valence-electron chi connectivity index (χ1n) is 7.57. The summed E-state index contributed by atoms with van der Waals surface area (Å²) >= 11 is 0. The highest BCUT2D eigenvalue weighted by Crippen LogP contribution is 2.32. The smallest absolute Gasteiger partial charge is 0.225 e. The lowest BCUT2D eigenvalue weighted by Gasteiger charge is -2.38. The predicted molar refractivity (Wildman–Crippen MR) is 79.7 cm³/mol. The van der Waals surface area contributed by atoms with Gasteiger partial charge in [0.25, 0.3) is 0 Å². The molecule has 1 aromatic heterocycles. The number of anilines is 1. The summed E-state index contributed by atoms with van der Waals surface area (Å²) in [6.07, 6.45) is 5.85. The number of hydrogen-bond donors (Lipinski definition) is 0. The summed E-state index contributed by atoms with van der Waals surface area (Å²) in [6.45, 7) is 1.66. The van der Waals surface area contributed by atoms with E-state index < -0.39 is 0 Å². The first-order chi connectivity index (χ1) is 10.2. The molecule has 1 amide bonds. The summed E-state index contributed by atoms with van der Waals surface area (Å²) in [7, 11) is 1.92. The highest BCUT2D eigenvalue weighted by Gasteiger charge is 2.36. The van der Waals surface area contributed by atoms with Gasteiger partial charge in [0.05, 0.1) is 5.56 Å². The zero-order valence-electron chi connectivity index (χ0n) is 12.3. The zero-order chi connectivity index (χ0) is 14.8. The molecule has 2 fully saturated rings. The van der Waals surface area contributed by atoms with E-state index in [0.717, 1.165) is 44.6 Å². The van der Waals surface area contributed by atoms with Crippen molar-refractivity contribution in [1.29, 1.82) is 5.26 Å². The van der Waals surface area contributed by atoms with Crippen molar-refractivity contribution in [3.63, 3.8) is 0 Å². The summed E-state index contributed by atoms with van der Waals surface area (Å²) in [5.74, 6) is 1.29. The molecule has 1 aliphatic carbocycles. The van der Waals surface area contributed by atoms with Crippen molar-refractivity contribution in [2.75, 3.05) is 25.0 Å². The van der Waals surface area contributed by atoms with E-state index in [1.807, 2.05) is 11.9 Å². The third-order valence-corrected chi connectivity index (χ3v) is 4.43. The van der Waals surface area contributed by atoms with Crippen molar-refractivity contribution in [2.24, 2.45) is 5.92 Å². The quantitative estimate of drug-likeness (QED) is 0.849. The molecule has 2 heterocycles. The number of hydrogen-bond acceptors (Lipinski definition) is 4. The van der Waals surface area contributed by atoms with Crippen LogP contribution in [-0.4, -0.2) is 42.0 Å². The van der Waals surface area contributed by atoms with Crippen LogP contribution in [0.2, 0.25) is 0 Å². The molecule has 5 heteroatoms. The van der Waals surface area contributed by atoms with Crippen molar-refractivity contribution in [3.05, 3.63) is 23.9 Å². The second-order valence-electron chi connectivity index (χ2n) is 5.95. The van der Waals surface area contributed by atoms with Crippen molar-refractivity contribution in [1.82, 2.24) is 9.88 Å². The summed E-state index contributed by atoms with van der Waals surface area (Å²) in [5, 5.41) is 9.21. The van der Waals surface area contributed by atoms with E-state index in [1.165, 1.54) is 0 Å². The summed E-state index contributed by atoms with van der Waals surface area (Å²) in [4.78, 5) is 20.6. The van der Waals surface area contributed by atoms with Gasteiger partial charge in [0, 0.05) is 38.3 Å². The van der Waals surface area contributed by atoms with Crippen LogP contribution in [0.25, 0.3) is 0 Å². The minimum Gasteiger partial charge on any atom is -0.353 e. The van der Waals surface area contributed by atoms with Crippen LogP contribution in [0.1, 0.15) is 31.2 Å². The van der Waals surface area contributed by atoms with Crippen LogP contribution in [0.3, 0.4) is 0 Å². The number of amides is 1. The number of rotatable bonds is 3. The molecule has 0 bridgehead atoms. The van der Waals surface area contributed by atoms with Gasteiger partial charge in [-0.05, 0) is 37.8 Å². The van der Waals surface area contributed by atoms with Gasteiger partial charge in [-0.3, -0.25) is 4.79 Å². The number of carbonyl (C=O) groups is 1. The lowest BCUT2D eigenvalue weighted by molar-refractivity contribution is -0.133. The van der Waals surface area contributed by atoms with Gasteiger partial charge in [-0.25, -0.2) is 4.98 Å². The molecule has 1 unspecified atom stereocenters. The van der Waals surface area contributed by atoms with Crippen molar-refractivity contribution < 1.29 is 4.79 Å². The summed E-state index contributed by atoms with van der Waals surface area (Å²) in [6, 6.07) is 6.01. The first kappa shape index (κ1) is 13.9. The fraction of sp³-hybridized carbons (Fsp3) is 0.562. The van der Waals surface area contributed by atoms with Crippen LogP contribution < -0.4 is 4.90 Å². The normalized spacial score (nSPS) is 21.7. The zero-order valence-corrected chi connectivity index (χ0v) is 12.3. The van der Waals surface area contributed by atoms with Crippen LogP contribution in [0.4, 0.5) is 5.82 Å². The Morgan fingerprint density at radius 3 is 3.00 bits per heavy atom. The molecule has 1 saturated heterocycles. The molecule has 2 aliphatic rings. The van der Waals surface area contributed by atoms with Gasteiger partial charge < -0.3 is 9.80 Å². The summed E-state index contributed by atoms with van der Waals surface area (Å²) < 4.78 is 0. The molecule has 1 saturated carbocycles. The van der Waals surface area contributed by atoms with E-state index in [0.29, 0.717) is 5.56 Å². The molecule has 0 spiro atoms. The largest absolute Gasteiger partial charge is 0.353 e. The van der Waals surface area contributed by atoms with Gasteiger partial charge in [-0.1, -0.05) is 0 Å². The minimum atomic E-state index is 0.223. The number of nitriles is 1. The van der Waals surface area contributed by atoms with E-state index in [2.05, 4.69) is 16.0 Å². The second kappa shape index (κ2) is 5.72. The SMILES string of the molecule is CN(C(=O)C1CC1)C1CCCN(c2ncccc2C#N)C1. The van der Waals surface area contributed by atoms with Gasteiger partial charge >= 0.3 is 0 Å². The molecule has 5 nitrogen and oxygen atoms in total. The predicted octanol–water partition coefficient (Wildman–Crippen LogP) is 1.79. The van der Waals surface area contributed by atoms with Crippen LogP contribution >= 0.6 is 0 Å². The Hall–Kier alpha value is -2.09. The highest BCUT2D eigenvalue weighted by atomic mass is 16.2. The van der Waals surface area contributed by atoms with E-state index in [4.69, 9.17) is 0 Å². The molecule has 0 radical (unpaired) electrons. The highest BCUT2D eigenvalue weighted by molar-refractivity contribution is 5.81. The molecular weight excluding hydrogens is 264 g/mol. The maximum absolute atomic E-state index is 12.2. The molecule has 1 atom stereocenters. The average Bonchev–Trinajstić information content (AvgIpc) is 3.38. The van der Waals surface area contributed by atoms with Crippen LogP contribution in [-0.2, 0) is 4.79 Å². The van der Waals surface area contributed by atoms with E-state index in [1.54, 1.807) is 18.3 Å². The van der Waals surface area contributed by atoms with Gasteiger partial charge in [-0.2, -0.15) is 5.26 Å². The number of aromatic nitrogens is 1. The Bertz CT molecular complexity index is 576. The van der Waals surface area contributed by atoms with E-state index in [9.17, 15) is 10.1 Å². The third kappa shape index (κ3) is 2.85. The van der Waals surface area contributed by atoms with Crippen molar-refractivity contribution in [3.8, 4) is 6.07 Å². The minimum absolute atomic E-state index is 0.223. The Kier molecular flexibility index (Phi) is 3.78. The van der Waals surface area contributed by atoms with E-state index >= 15 is 0 Å². The second-order valence-corrected chi connectivity index (χ2v) is 5.95. The maximum Gasteiger partial charge on any atom is 0.225 e. The lowest BCUT2D eigenvalue weighted by atomic mass is 10.0. The van der Waals surface area contributed by atoms with Gasteiger partial charge in [0.15, 0.2) is 0 Å². The maximum atomic E-state index is 12.2. The van der Waals surface area contributed by atoms with Gasteiger partial charge in [0.1, 0.15) is 11.9 Å². The molecule has 0 N–H and O–H groups in total. The molecule has 21 heavy (non-hydrogen) atoms. The van der Waals surface area contributed by atoms with Crippen molar-refractivity contribution >= 4 is 11.7 Å².